The lowest BCUT2D eigenvalue weighted by Crippen LogP contribution is -2.47. The van der Waals surface area contributed by atoms with Crippen LogP contribution in [0.15, 0.2) is 0 Å². The third-order valence-electron chi connectivity index (χ3n) is 4.04. The van der Waals surface area contributed by atoms with Gasteiger partial charge in [0.1, 0.15) is 0 Å². The van der Waals surface area contributed by atoms with E-state index in [1.54, 1.807) is 23.9 Å². The van der Waals surface area contributed by atoms with Crippen LogP contribution in [0.25, 0.3) is 0 Å². The molecule has 2 aliphatic heterocycles. The van der Waals surface area contributed by atoms with Crippen LogP contribution in [0.5, 0.6) is 0 Å². The average molecular weight is 255 g/mol. The highest BCUT2D eigenvalue weighted by Gasteiger charge is 2.40. The Kier molecular flexibility index (Phi) is 4.19. The van der Waals surface area contributed by atoms with Crippen molar-refractivity contribution in [2.45, 2.75) is 31.1 Å². The fraction of sp³-hybridized carbons (Fsp3) is 0.833. The molecule has 0 bridgehead atoms. The number of carbonyl (C=O) groups excluding carboxylic acids is 2. The number of carbonyl (C=O) groups is 2. The van der Waals surface area contributed by atoms with Crippen molar-refractivity contribution in [3.8, 4) is 0 Å². The molecule has 3 atom stereocenters. The molecule has 2 saturated heterocycles. The quantitative estimate of drug-likeness (QED) is 0.613. The summed E-state index contributed by atoms with van der Waals surface area (Å²) in [5.74, 6) is 0. The summed E-state index contributed by atoms with van der Waals surface area (Å²) in [5, 5.41) is 0. The highest BCUT2D eigenvalue weighted by molar-refractivity contribution is 5.48. The first-order valence-electron chi connectivity index (χ1n) is 6.35. The van der Waals surface area contributed by atoms with Crippen molar-refractivity contribution < 1.29 is 14.3 Å². The molecule has 0 N–H and O–H groups in total. The van der Waals surface area contributed by atoms with Crippen LogP contribution >= 0.6 is 0 Å². The number of likely N-dealkylation sites (N-methyl/N-ethyl adjacent to an activating group) is 1. The summed E-state index contributed by atoms with van der Waals surface area (Å²) in [7, 11) is 3.59. The molecule has 0 radical (unpaired) electrons. The van der Waals surface area contributed by atoms with Crippen molar-refractivity contribution in [3.05, 3.63) is 0 Å². The maximum atomic E-state index is 11.0. The molecule has 0 spiro atoms. The van der Waals surface area contributed by atoms with Gasteiger partial charge in [-0.05, 0) is 6.42 Å². The fourth-order valence-corrected chi connectivity index (χ4v) is 2.85. The Hall–Kier alpha value is -1.14. The van der Waals surface area contributed by atoms with Gasteiger partial charge in [-0.25, -0.2) is 0 Å². The van der Waals surface area contributed by atoms with Crippen LogP contribution in [0.3, 0.4) is 0 Å². The van der Waals surface area contributed by atoms with Crippen LogP contribution in [0.4, 0.5) is 0 Å². The number of ether oxygens (including phenoxy) is 1. The van der Waals surface area contributed by atoms with E-state index in [-0.39, 0.29) is 12.2 Å². The van der Waals surface area contributed by atoms with Crippen molar-refractivity contribution in [2.75, 3.05) is 33.9 Å². The second kappa shape index (κ2) is 5.67. The molecule has 6 nitrogen and oxygen atoms in total. The number of rotatable bonds is 5. The van der Waals surface area contributed by atoms with Crippen LogP contribution in [0.1, 0.15) is 12.8 Å². The van der Waals surface area contributed by atoms with Crippen molar-refractivity contribution in [2.24, 2.45) is 0 Å². The number of hydrogen-bond donors (Lipinski definition) is 0. The lowest BCUT2D eigenvalue weighted by atomic mass is 10.2. The van der Waals surface area contributed by atoms with E-state index < -0.39 is 0 Å². The van der Waals surface area contributed by atoms with Crippen molar-refractivity contribution in [1.29, 1.82) is 0 Å². The van der Waals surface area contributed by atoms with Gasteiger partial charge >= 0.3 is 0 Å². The minimum atomic E-state index is 0.0709. The molecule has 102 valence electrons. The van der Waals surface area contributed by atoms with E-state index >= 15 is 0 Å². The highest BCUT2D eigenvalue weighted by atomic mass is 16.5. The summed E-state index contributed by atoms with van der Waals surface area (Å²) in [6.45, 7) is 2.32. The molecule has 2 aliphatic rings. The summed E-state index contributed by atoms with van der Waals surface area (Å²) in [4.78, 5) is 27.5. The van der Waals surface area contributed by atoms with Gasteiger partial charge in [0, 0.05) is 45.8 Å². The van der Waals surface area contributed by atoms with Crippen LogP contribution in [-0.2, 0) is 14.3 Å². The second-order valence-electron chi connectivity index (χ2n) is 5.13. The molecular weight excluding hydrogens is 234 g/mol. The lowest BCUT2D eigenvalue weighted by Gasteiger charge is -2.33. The lowest BCUT2D eigenvalue weighted by molar-refractivity contribution is -0.122. The standard InChI is InChI=1S/C12H21N3O3/c1-13(8-16)11-5-12(14(2)9-17)15(6-11)10-3-4-18-7-10/h8-12H,3-7H2,1-2H3. The van der Waals surface area contributed by atoms with Crippen LogP contribution in [0, 0.1) is 0 Å². The molecule has 2 fully saturated rings. The van der Waals surface area contributed by atoms with Crippen molar-refractivity contribution in [3.63, 3.8) is 0 Å². The smallest absolute Gasteiger partial charge is 0.210 e. The Morgan fingerprint density at radius 3 is 2.50 bits per heavy atom. The predicted octanol–water partition coefficient (Wildman–Crippen LogP) is -0.648. The molecule has 2 heterocycles. The second-order valence-corrected chi connectivity index (χ2v) is 5.13. The monoisotopic (exact) mass is 255 g/mol. The zero-order valence-corrected chi connectivity index (χ0v) is 11.0. The molecule has 0 aromatic carbocycles. The number of likely N-dealkylation sites (tertiary alicyclic amines) is 1. The molecule has 0 aliphatic carbocycles. The molecule has 2 amide bonds. The minimum Gasteiger partial charge on any atom is -0.380 e. The summed E-state index contributed by atoms with van der Waals surface area (Å²) in [6, 6.07) is 0.540. The summed E-state index contributed by atoms with van der Waals surface area (Å²) in [5.41, 5.74) is 0. The Bertz CT molecular complexity index is 307. The largest absolute Gasteiger partial charge is 0.380 e. The van der Waals surface area contributed by atoms with E-state index in [4.69, 9.17) is 4.74 Å². The van der Waals surface area contributed by atoms with Crippen LogP contribution in [0.2, 0.25) is 0 Å². The minimum absolute atomic E-state index is 0.0709. The average Bonchev–Trinajstić information content (AvgIpc) is 3.04. The molecule has 0 saturated carbocycles. The van der Waals surface area contributed by atoms with Gasteiger partial charge in [-0.1, -0.05) is 0 Å². The van der Waals surface area contributed by atoms with Gasteiger partial charge in [0.25, 0.3) is 0 Å². The number of amides is 2. The number of nitrogens with zero attached hydrogens (tertiary/aromatic N) is 3. The molecule has 0 aromatic heterocycles. The van der Waals surface area contributed by atoms with Gasteiger partial charge in [-0.2, -0.15) is 0 Å². The summed E-state index contributed by atoms with van der Waals surface area (Å²) in [6.07, 6.45) is 3.59. The molecular formula is C12H21N3O3. The molecule has 6 heteroatoms. The highest BCUT2D eigenvalue weighted by Crippen LogP contribution is 2.27. The third-order valence-corrected chi connectivity index (χ3v) is 4.04. The molecule has 2 rings (SSSR count). The van der Waals surface area contributed by atoms with Gasteiger partial charge < -0.3 is 14.5 Å². The Morgan fingerprint density at radius 2 is 1.94 bits per heavy atom. The van der Waals surface area contributed by atoms with E-state index in [1.807, 2.05) is 0 Å². The normalized spacial score (nSPS) is 32.4. The van der Waals surface area contributed by atoms with Gasteiger partial charge in [-0.15, -0.1) is 0 Å². The SMILES string of the molecule is CN(C=O)C1CC(N(C)C=O)N(C2CCOC2)C1. The Morgan fingerprint density at radius 1 is 1.22 bits per heavy atom. The Labute approximate surface area is 107 Å². The van der Waals surface area contributed by atoms with Gasteiger partial charge in [0.15, 0.2) is 0 Å². The van der Waals surface area contributed by atoms with Crippen LogP contribution < -0.4 is 0 Å². The van der Waals surface area contributed by atoms with Crippen molar-refractivity contribution >= 4 is 12.8 Å². The zero-order chi connectivity index (χ0) is 13.1. The Balaban J connectivity index is 2.08. The first-order chi connectivity index (χ1) is 8.67. The maximum absolute atomic E-state index is 11.0. The van der Waals surface area contributed by atoms with Gasteiger partial charge in [0.2, 0.25) is 12.8 Å². The number of hydrogen-bond acceptors (Lipinski definition) is 4. The molecule has 0 aromatic rings. The van der Waals surface area contributed by atoms with E-state index in [2.05, 4.69) is 4.90 Å². The predicted molar refractivity (Wildman–Crippen MR) is 65.8 cm³/mol. The van der Waals surface area contributed by atoms with E-state index in [9.17, 15) is 9.59 Å². The van der Waals surface area contributed by atoms with Gasteiger partial charge in [0.05, 0.1) is 12.8 Å². The van der Waals surface area contributed by atoms with E-state index in [0.29, 0.717) is 6.04 Å². The molecule has 18 heavy (non-hydrogen) atoms. The maximum Gasteiger partial charge on any atom is 0.210 e. The molecule has 3 unspecified atom stereocenters. The van der Waals surface area contributed by atoms with E-state index in [0.717, 1.165) is 45.4 Å². The third kappa shape index (κ3) is 2.49. The summed E-state index contributed by atoms with van der Waals surface area (Å²) >= 11 is 0. The topological polar surface area (TPSA) is 53.1 Å². The zero-order valence-electron chi connectivity index (χ0n) is 11.0. The first kappa shape index (κ1) is 13.3. The fourth-order valence-electron chi connectivity index (χ4n) is 2.85. The van der Waals surface area contributed by atoms with Crippen LogP contribution in [-0.4, -0.2) is 79.6 Å². The first-order valence-corrected chi connectivity index (χ1v) is 6.35. The van der Waals surface area contributed by atoms with Crippen molar-refractivity contribution in [1.82, 2.24) is 14.7 Å². The van der Waals surface area contributed by atoms with E-state index in [1.165, 1.54) is 0 Å². The van der Waals surface area contributed by atoms with Gasteiger partial charge in [-0.3, -0.25) is 14.5 Å². The summed E-state index contributed by atoms with van der Waals surface area (Å²) < 4.78 is 5.42.